The predicted molar refractivity (Wildman–Crippen MR) is 139 cm³/mol. The number of benzene rings is 2. The lowest BCUT2D eigenvalue weighted by Gasteiger charge is -2.35. The number of amides is 3. The van der Waals surface area contributed by atoms with Gasteiger partial charge >= 0.3 is 6.09 Å². The number of likely N-dealkylation sites (N-methyl/N-ethyl adjacent to an activating group) is 1. The number of phenolic OH excluding ortho intramolecular Hbond substituents is 1. The van der Waals surface area contributed by atoms with Crippen molar-refractivity contribution in [3.8, 4) is 5.75 Å². The number of nitrogens with one attached hydrogen (secondary N) is 2. The minimum Gasteiger partial charge on any atom is -0.508 e. The van der Waals surface area contributed by atoms with E-state index in [1.807, 2.05) is 51.1 Å². The smallest absolute Gasteiger partial charge is 0.408 e. The monoisotopic (exact) mass is 497 g/mol. The second-order valence-electron chi connectivity index (χ2n) is 10.7. The number of aromatic hydroxyl groups is 1. The first kappa shape index (κ1) is 28.7. The van der Waals surface area contributed by atoms with Crippen molar-refractivity contribution in [1.29, 1.82) is 0 Å². The third kappa shape index (κ3) is 8.91. The number of carbonyl (C=O) groups excluding carboxylic acids is 3. The van der Waals surface area contributed by atoms with Gasteiger partial charge in [-0.1, -0.05) is 42.5 Å². The Balaban J connectivity index is 2.47. The summed E-state index contributed by atoms with van der Waals surface area (Å²) in [7, 11) is 0. The number of alkyl carbamates (subject to hydrolysis) is 1. The molecule has 2 rings (SSSR count). The first-order chi connectivity index (χ1) is 16.7. The molecule has 3 N–H and O–H groups in total. The van der Waals surface area contributed by atoms with E-state index in [9.17, 15) is 19.5 Å². The van der Waals surface area contributed by atoms with Crippen molar-refractivity contribution in [3.63, 3.8) is 0 Å². The molecule has 0 heterocycles. The van der Waals surface area contributed by atoms with Gasteiger partial charge in [0.1, 0.15) is 23.4 Å². The maximum atomic E-state index is 14.0. The summed E-state index contributed by atoms with van der Waals surface area (Å²) in [4.78, 5) is 41.5. The summed E-state index contributed by atoms with van der Waals surface area (Å²) in [5, 5.41) is 15.4. The summed E-state index contributed by atoms with van der Waals surface area (Å²) in [6.07, 6.45) is -0.494. The number of hydrogen-bond donors (Lipinski definition) is 3. The van der Waals surface area contributed by atoms with Gasteiger partial charge in [-0.25, -0.2) is 4.79 Å². The Bertz CT molecular complexity index is 1020. The normalized spacial score (nSPS) is 13.3. The molecule has 0 spiro atoms. The molecule has 36 heavy (non-hydrogen) atoms. The van der Waals surface area contributed by atoms with Crippen molar-refractivity contribution in [2.24, 2.45) is 0 Å². The van der Waals surface area contributed by atoms with Gasteiger partial charge in [0.15, 0.2) is 0 Å². The Morgan fingerprint density at radius 1 is 0.944 bits per heavy atom. The van der Waals surface area contributed by atoms with E-state index < -0.39 is 35.2 Å². The summed E-state index contributed by atoms with van der Waals surface area (Å²) in [6, 6.07) is 13.6. The molecule has 8 heteroatoms. The summed E-state index contributed by atoms with van der Waals surface area (Å²) in [6.45, 7) is 12.8. The van der Waals surface area contributed by atoms with Gasteiger partial charge in [0.25, 0.3) is 0 Å². The highest BCUT2D eigenvalue weighted by atomic mass is 16.6. The van der Waals surface area contributed by atoms with Crippen molar-refractivity contribution >= 4 is 17.9 Å². The molecule has 196 valence electrons. The Morgan fingerprint density at radius 3 is 2.03 bits per heavy atom. The molecule has 0 bridgehead atoms. The van der Waals surface area contributed by atoms with E-state index in [-0.39, 0.29) is 24.6 Å². The standard InChI is InChI=1S/C28H39N3O5/c1-8-31(23(24(33)30-27(2,3)4)20-14-16-21(32)17-15-20)25(34)22(18-19-12-10-9-11-13-19)29-26(35)36-28(5,6)7/h9-17,22-23,32H,8,18H2,1-7H3,(H,29,35)(H,30,33). The SMILES string of the molecule is CCN(C(=O)C(Cc1ccccc1)NC(=O)OC(C)(C)C)C(C(=O)NC(C)(C)C)c1ccc(O)cc1. The van der Waals surface area contributed by atoms with E-state index in [2.05, 4.69) is 10.6 Å². The molecule has 0 aliphatic heterocycles. The molecule has 2 unspecified atom stereocenters. The van der Waals surface area contributed by atoms with Crippen LogP contribution in [0.2, 0.25) is 0 Å². The third-order valence-corrected chi connectivity index (χ3v) is 5.16. The van der Waals surface area contributed by atoms with Crippen LogP contribution in [0.1, 0.15) is 65.6 Å². The first-order valence-electron chi connectivity index (χ1n) is 12.1. The fraction of sp³-hybridized carbons (Fsp3) is 0.464. The van der Waals surface area contributed by atoms with Crippen LogP contribution in [0.3, 0.4) is 0 Å². The largest absolute Gasteiger partial charge is 0.508 e. The van der Waals surface area contributed by atoms with Gasteiger partial charge in [-0.15, -0.1) is 0 Å². The molecule has 2 atom stereocenters. The second-order valence-corrected chi connectivity index (χ2v) is 10.7. The fourth-order valence-electron chi connectivity index (χ4n) is 3.73. The molecule has 0 fully saturated rings. The van der Waals surface area contributed by atoms with Crippen molar-refractivity contribution in [2.75, 3.05) is 6.54 Å². The molecule has 0 radical (unpaired) electrons. The number of nitrogens with zero attached hydrogens (tertiary/aromatic N) is 1. The van der Waals surface area contributed by atoms with Crippen LogP contribution < -0.4 is 10.6 Å². The number of rotatable bonds is 8. The number of hydrogen-bond acceptors (Lipinski definition) is 5. The van der Waals surface area contributed by atoms with E-state index in [0.717, 1.165) is 5.56 Å². The van der Waals surface area contributed by atoms with E-state index >= 15 is 0 Å². The van der Waals surface area contributed by atoms with Gasteiger partial charge in [0.05, 0.1) is 0 Å². The Hall–Kier alpha value is -3.55. The minimum absolute atomic E-state index is 0.0525. The van der Waals surface area contributed by atoms with Crippen molar-refractivity contribution in [2.45, 2.75) is 78.1 Å². The van der Waals surface area contributed by atoms with E-state index in [4.69, 9.17) is 4.74 Å². The summed E-state index contributed by atoms with van der Waals surface area (Å²) in [5.41, 5.74) is 0.118. The molecular formula is C28H39N3O5. The molecule has 2 aromatic rings. The zero-order valence-electron chi connectivity index (χ0n) is 22.3. The molecule has 0 aromatic heterocycles. The van der Waals surface area contributed by atoms with E-state index in [0.29, 0.717) is 5.56 Å². The van der Waals surface area contributed by atoms with Crippen LogP contribution in [0, 0.1) is 0 Å². The Kier molecular flexibility index (Phi) is 9.50. The lowest BCUT2D eigenvalue weighted by Crippen LogP contribution is -2.55. The number of carbonyl (C=O) groups is 3. The van der Waals surface area contributed by atoms with Crippen LogP contribution in [0.4, 0.5) is 4.79 Å². The molecule has 2 aromatic carbocycles. The highest BCUT2D eigenvalue weighted by molar-refractivity contribution is 5.92. The highest BCUT2D eigenvalue weighted by Gasteiger charge is 2.36. The molecular weight excluding hydrogens is 458 g/mol. The van der Waals surface area contributed by atoms with Crippen molar-refractivity contribution < 1.29 is 24.2 Å². The second kappa shape index (κ2) is 11.9. The van der Waals surface area contributed by atoms with Crippen molar-refractivity contribution in [1.82, 2.24) is 15.5 Å². The van der Waals surface area contributed by atoms with Crippen LogP contribution in [0.15, 0.2) is 54.6 Å². The van der Waals surface area contributed by atoms with Crippen LogP contribution >= 0.6 is 0 Å². The van der Waals surface area contributed by atoms with Crippen LogP contribution in [-0.2, 0) is 20.7 Å². The Labute approximate surface area is 214 Å². The first-order valence-corrected chi connectivity index (χ1v) is 12.1. The predicted octanol–water partition coefficient (Wildman–Crippen LogP) is 4.33. The summed E-state index contributed by atoms with van der Waals surface area (Å²) >= 11 is 0. The molecule has 0 saturated heterocycles. The number of ether oxygens (including phenoxy) is 1. The van der Waals surface area contributed by atoms with Gasteiger partial charge in [-0.2, -0.15) is 0 Å². The molecule has 8 nitrogen and oxygen atoms in total. The highest BCUT2D eigenvalue weighted by Crippen LogP contribution is 2.25. The zero-order valence-corrected chi connectivity index (χ0v) is 22.3. The lowest BCUT2D eigenvalue weighted by molar-refractivity contribution is -0.142. The molecule has 0 saturated carbocycles. The van der Waals surface area contributed by atoms with Gasteiger partial charge in [-0.3, -0.25) is 9.59 Å². The molecule has 3 amide bonds. The van der Waals surface area contributed by atoms with Gasteiger partial charge in [0, 0.05) is 18.5 Å². The average Bonchev–Trinajstić information content (AvgIpc) is 2.75. The maximum absolute atomic E-state index is 14.0. The van der Waals surface area contributed by atoms with E-state index in [1.165, 1.54) is 17.0 Å². The Morgan fingerprint density at radius 2 is 1.53 bits per heavy atom. The zero-order chi connectivity index (χ0) is 27.1. The summed E-state index contributed by atoms with van der Waals surface area (Å²) < 4.78 is 5.41. The molecule has 0 aliphatic rings. The quantitative estimate of drug-likeness (QED) is 0.503. The average molecular weight is 498 g/mol. The topological polar surface area (TPSA) is 108 Å². The molecule has 0 aliphatic carbocycles. The fourth-order valence-corrected chi connectivity index (χ4v) is 3.73. The van der Waals surface area contributed by atoms with Gasteiger partial charge < -0.3 is 25.4 Å². The third-order valence-electron chi connectivity index (χ3n) is 5.16. The number of phenols is 1. The summed E-state index contributed by atoms with van der Waals surface area (Å²) in [5.74, 6) is -0.731. The van der Waals surface area contributed by atoms with E-state index in [1.54, 1.807) is 39.8 Å². The van der Waals surface area contributed by atoms with Crippen LogP contribution in [-0.4, -0.2) is 51.6 Å². The van der Waals surface area contributed by atoms with Crippen LogP contribution in [0.25, 0.3) is 0 Å². The lowest BCUT2D eigenvalue weighted by atomic mass is 9.99. The maximum Gasteiger partial charge on any atom is 0.408 e. The van der Waals surface area contributed by atoms with Gasteiger partial charge in [0.2, 0.25) is 11.8 Å². The van der Waals surface area contributed by atoms with Crippen LogP contribution in [0.5, 0.6) is 5.75 Å². The van der Waals surface area contributed by atoms with Gasteiger partial charge in [-0.05, 0) is 71.7 Å². The van der Waals surface area contributed by atoms with Crippen molar-refractivity contribution in [3.05, 3.63) is 65.7 Å². The minimum atomic E-state index is -0.971.